The van der Waals surface area contributed by atoms with Gasteiger partial charge in [0.15, 0.2) is 0 Å². The van der Waals surface area contributed by atoms with Crippen LogP contribution in [0.1, 0.15) is 80.1 Å². The fourth-order valence-electron chi connectivity index (χ4n) is 3.53. The predicted octanol–water partition coefficient (Wildman–Crippen LogP) is 7.06. The summed E-state index contributed by atoms with van der Waals surface area (Å²) in [5.74, 6) is 0.570. The summed E-state index contributed by atoms with van der Waals surface area (Å²) >= 11 is 0. The van der Waals surface area contributed by atoms with Gasteiger partial charge in [0, 0.05) is 31.5 Å². The molecule has 0 radical (unpaired) electrons. The number of ether oxygens (including phenoxy) is 1. The molecule has 1 rings (SSSR count). The van der Waals surface area contributed by atoms with Crippen molar-refractivity contribution in [2.45, 2.75) is 80.1 Å². The third-order valence-corrected chi connectivity index (χ3v) is 5.22. The van der Waals surface area contributed by atoms with Crippen LogP contribution in [0, 0.1) is 5.92 Å². The molecule has 0 fully saturated rings. The van der Waals surface area contributed by atoms with Gasteiger partial charge in [0.25, 0.3) is 0 Å². The van der Waals surface area contributed by atoms with Crippen molar-refractivity contribution in [2.24, 2.45) is 5.92 Å². The predicted molar refractivity (Wildman–Crippen MR) is 120 cm³/mol. The number of allylic oxidation sites excluding steroid dienone is 5. The Kier molecular flexibility index (Phi) is 12.2. The summed E-state index contributed by atoms with van der Waals surface area (Å²) in [6.07, 6.45) is 17.1. The minimum atomic E-state index is 0.570. The van der Waals surface area contributed by atoms with Gasteiger partial charge in [0.05, 0.1) is 6.61 Å². The van der Waals surface area contributed by atoms with Crippen LogP contribution < -0.4 is 0 Å². The van der Waals surface area contributed by atoms with Crippen LogP contribution in [0.2, 0.25) is 0 Å². The zero-order chi connectivity index (χ0) is 20.1. The summed E-state index contributed by atoms with van der Waals surface area (Å²) in [5, 5.41) is 0. The Labute approximate surface area is 169 Å². The van der Waals surface area contributed by atoms with Crippen LogP contribution >= 0.6 is 0 Å². The van der Waals surface area contributed by atoms with Gasteiger partial charge in [-0.15, -0.1) is 0 Å². The molecule has 0 aliphatic heterocycles. The molecule has 0 aromatic rings. The molecule has 154 valence electrons. The molecule has 0 saturated carbocycles. The van der Waals surface area contributed by atoms with Gasteiger partial charge in [-0.05, 0) is 90.2 Å². The molecule has 0 heterocycles. The van der Waals surface area contributed by atoms with E-state index < -0.39 is 0 Å². The van der Waals surface area contributed by atoms with Crippen LogP contribution in [0.15, 0.2) is 46.7 Å². The van der Waals surface area contributed by atoms with Crippen LogP contribution in [0.3, 0.4) is 0 Å². The number of hydrogen-bond acceptors (Lipinski definition) is 2. The fraction of sp³-hybridized carbons (Fsp3) is 0.680. The Morgan fingerprint density at radius 2 is 1.93 bits per heavy atom. The monoisotopic (exact) mass is 373 g/mol. The number of hydrogen-bond donors (Lipinski definition) is 0. The highest BCUT2D eigenvalue weighted by Crippen LogP contribution is 2.31. The zero-order valence-electron chi connectivity index (χ0n) is 18.8. The van der Waals surface area contributed by atoms with E-state index in [2.05, 4.69) is 70.9 Å². The Morgan fingerprint density at radius 3 is 2.48 bits per heavy atom. The normalized spacial score (nSPS) is 16.7. The first-order valence-corrected chi connectivity index (χ1v) is 11.1. The van der Waals surface area contributed by atoms with Crippen LogP contribution in [0.4, 0.5) is 0 Å². The highest BCUT2D eigenvalue weighted by molar-refractivity contribution is 5.47. The lowest BCUT2D eigenvalue weighted by Gasteiger charge is -2.24. The van der Waals surface area contributed by atoms with Crippen LogP contribution in [0.25, 0.3) is 0 Å². The molecule has 0 saturated heterocycles. The molecule has 0 unspecified atom stereocenters. The molecule has 0 spiro atoms. The van der Waals surface area contributed by atoms with E-state index in [-0.39, 0.29) is 0 Å². The maximum atomic E-state index is 5.88. The van der Waals surface area contributed by atoms with Gasteiger partial charge >= 0.3 is 0 Å². The molecular weight excluding hydrogens is 330 g/mol. The van der Waals surface area contributed by atoms with Crippen molar-refractivity contribution in [1.82, 2.24) is 4.90 Å². The third kappa shape index (κ3) is 9.46. The summed E-state index contributed by atoms with van der Waals surface area (Å²) in [4.78, 5) is 2.39. The third-order valence-electron chi connectivity index (χ3n) is 5.22. The van der Waals surface area contributed by atoms with Crippen LogP contribution in [-0.2, 0) is 4.74 Å². The Bertz CT molecular complexity index is 531. The second-order valence-corrected chi connectivity index (χ2v) is 7.90. The Morgan fingerprint density at radius 1 is 1.19 bits per heavy atom. The topological polar surface area (TPSA) is 12.5 Å². The number of nitrogens with zero attached hydrogens (tertiary/aromatic N) is 1. The Hall–Kier alpha value is -1.28. The van der Waals surface area contributed by atoms with Gasteiger partial charge in [0.2, 0.25) is 0 Å². The molecule has 0 aromatic carbocycles. The first-order valence-electron chi connectivity index (χ1n) is 11.1. The smallest absolute Gasteiger partial charge is 0.0736 e. The molecule has 0 N–H and O–H groups in total. The molecule has 1 aliphatic carbocycles. The average molecular weight is 374 g/mol. The summed E-state index contributed by atoms with van der Waals surface area (Å²) in [6, 6.07) is 0. The lowest BCUT2D eigenvalue weighted by Crippen LogP contribution is -2.18. The summed E-state index contributed by atoms with van der Waals surface area (Å²) in [7, 11) is 0. The number of rotatable bonds is 12. The standard InChI is InChI=1S/C25H43NO/c1-7-26(8-2)19-24(20-27-9-3)25(23-16-11-10-12-17-23)18-22(6)15-13-14-21(4)5/h14,16,18-19,22H,7-13,15,17,20H2,1-6H3/b24-19+,25-18+/t22-/m0/s1. The molecule has 2 heteroatoms. The van der Waals surface area contributed by atoms with E-state index in [9.17, 15) is 0 Å². The molecule has 0 amide bonds. The van der Waals surface area contributed by atoms with E-state index in [4.69, 9.17) is 4.74 Å². The van der Waals surface area contributed by atoms with Gasteiger partial charge in [0.1, 0.15) is 0 Å². The van der Waals surface area contributed by atoms with Gasteiger partial charge in [-0.1, -0.05) is 30.7 Å². The van der Waals surface area contributed by atoms with Gasteiger partial charge in [-0.2, -0.15) is 0 Å². The lowest BCUT2D eigenvalue weighted by molar-refractivity contribution is 0.170. The van der Waals surface area contributed by atoms with Gasteiger partial charge < -0.3 is 9.64 Å². The van der Waals surface area contributed by atoms with E-state index in [0.717, 1.165) is 26.1 Å². The van der Waals surface area contributed by atoms with E-state index >= 15 is 0 Å². The van der Waals surface area contributed by atoms with Crippen LogP contribution in [-0.4, -0.2) is 31.2 Å². The van der Waals surface area contributed by atoms with Crippen LogP contribution in [0.5, 0.6) is 0 Å². The van der Waals surface area contributed by atoms with E-state index in [1.165, 1.54) is 54.4 Å². The van der Waals surface area contributed by atoms with E-state index in [1.54, 1.807) is 0 Å². The first-order chi connectivity index (χ1) is 13.0. The van der Waals surface area contributed by atoms with Crippen molar-refractivity contribution in [3.63, 3.8) is 0 Å². The largest absolute Gasteiger partial charge is 0.378 e. The molecule has 1 aliphatic rings. The quantitative estimate of drug-likeness (QED) is 0.268. The van der Waals surface area contributed by atoms with Gasteiger partial charge in [-0.25, -0.2) is 0 Å². The molecule has 27 heavy (non-hydrogen) atoms. The van der Waals surface area contributed by atoms with Crippen molar-refractivity contribution >= 4 is 0 Å². The molecule has 1 atom stereocenters. The minimum absolute atomic E-state index is 0.570. The maximum Gasteiger partial charge on any atom is 0.0736 e. The summed E-state index contributed by atoms with van der Waals surface area (Å²) in [5.41, 5.74) is 5.75. The highest BCUT2D eigenvalue weighted by Gasteiger charge is 2.16. The molecule has 0 aromatic heterocycles. The first kappa shape index (κ1) is 23.8. The van der Waals surface area contributed by atoms with Crippen molar-refractivity contribution in [1.29, 1.82) is 0 Å². The second-order valence-electron chi connectivity index (χ2n) is 7.90. The second kappa shape index (κ2) is 13.8. The van der Waals surface area contributed by atoms with Crippen molar-refractivity contribution < 1.29 is 4.74 Å². The van der Waals surface area contributed by atoms with Crippen molar-refractivity contribution in [2.75, 3.05) is 26.3 Å². The highest BCUT2D eigenvalue weighted by atomic mass is 16.5. The lowest BCUT2D eigenvalue weighted by atomic mass is 9.87. The van der Waals surface area contributed by atoms with E-state index in [1.807, 2.05) is 0 Å². The van der Waals surface area contributed by atoms with Gasteiger partial charge in [-0.3, -0.25) is 0 Å². The van der Waals surface area contributed by atoms with Crippen molar-refractivity contribution in [3.05, 3.63) is 46.7 Å². The minimum Gasteiger partial charge on any atom is -0.378 e. The molecular formula is C25H43NO. The summed E-state index contributed by atoms with van der Waals surface area (Å²) < 4.78 is 5.88. The molecule has 0 bridgehead atoms. The zero-order valence-corrected chi connectivity index (χ0v) is 18.8. The Balaban J connectivity index is 3.16. The molecule has 2 nitrogen and oxygen atoms in total. The fourth-order valence-corrected chi connectivity index (χ4v) is 3.53. The maximum absolute atomic E-state index is 5.88. The SMILES string of the molecule is CCOCC(=C\N(CC)CC)/C(=C/[C@@H](C)CCC=C(C)C)C1=CCCCC1. The van der Waals surface area contributed by atoms with Crippen molar-refractivity contribution in [3.8, 4) is 0 Å². The van der Waals surface area contributed by atoms with E-state index in [0.29, 0.717) is 12.5 Å². The summed E-state index contributed by atoms with van der Waals surface area (Å²) in [6.45, 7) is 16.8. The average Bonchev–Trinajstić information content (AvgIpc) is 2.67.